The van der Waals surface area contributed by atoms with E-state index < -0.39 is 0 Å². The molecular weight excluding hydrogens is 281 g/mol. The lowest BCUT2D eigenvalue weighted by atomic mass is 10.2. The van der Waals surface area contributed by atoms with Crippen LogP contribution >= 0.6 is 24.0 Å². The Labute approximate surface area is 91.6 Å². The van der Waals surface area contributed by atoms with Crippen LogP contribution in [-0.2, 0) is 7.05 Å². The van der Waals surface area contributed by atoms with E-state index in [0.717, 1.165) is 0 Å². The number of halogens is 1. The normalized spacial score (nSPS) is 9.62. The molecule has 1 aromatic heterocycles. The minimum absolute atomic E-state index is 0. The molecule has 5 heteroatoms. The van der Waals surface area contributed by atoms with Gasteiger partial charge in [0.25, 0.3) is 5.56 Å². The van der Waals surface area contributed by atoms with Gasteiger partial charge in [0.2, 0.25) is 0 Å². The van der Waals surface area contributed by atoms with Crippen molar-refractivity contribution in [1.29, 1.82) is 0 Å². The fourth-order valence-electron chi connectivity index (χ4n) is 1.07. The minimum atomic E-state index is -0.111. The largest absolute Gasteiger partial charge is 0.277 e. The number of aryl methyl sites for hydroxylation is 1. The molecular formula is C8H8IN3O. The molecule has 0 spiro atoms. The van der Waals surface area contributed by atoms with E-state index in [0.29, 0.717) is 10.9 Å². The highest BCUT2D eigenvalue weighted by Crippen LogP contribution is 2.02. The summed E-state index contributed by atoms with van der Waals surface area (Å²) in [6.07, 6.45) is 0. The van der Waals surface area contributed by atoms with E-state index in [9.17, 15) is 4.79 Å². The summed E-state index contributed by atoms with van der Waals surface area (Å²) in [4.78, 5) is 11.4. The molecule has 0 N–H and O–H groups in total. The van der Waals surface area contributed by atoms with Crippen LogP contribution in [0.15, 0.2) is 29.1 Å². The lowest BCUT2D eigenvalue weighted by molar-refractivity contribution is 0.656. The first-order valence-corrected chi connectivity index (χ1v) is 3.58. The Morgan fingerprint density at radius 3 is 2.77 bits per heavy atom. The summed E-state index contributed by atoms with van der Waals surface area (Å²) in [5, 5.41) is 8.12. The number of rotatable bonds is 0. The molecule has 2 rings (SSSR count). The summed E-state index contributed by atoms with van der Waals surface area (Å²) in [6, 6.07) is 7.15. The van der Waals surface area contributed by atoms with Crippen molar-refractivity contribution < 1.29 is 0 Å². The van der Waals surface area contributed by atoms with Gasteiger partial charge in [0.05, 0.1) is 5.39 Å². The monoisotopic (exact) mass is 289 g/mol. The van der Waals surface area contributed by atoms with Crippen molar-refractivity contribution in [3.8, 4) is 0 Å². The smallest absolute Gasteiger partial charge is 0.267 e. The molecule has 0 atom stereocenters. The van der Waals surface area contributed by atoms with Crippen LogP contribution < -0.4 is 5.56 Å². The second kappa shape index (κ2) is 3.82. The van der Waals surface area contributed by atoms with E-state index in [2.05, 4.69) is 10.3 Å². The lowest BCUT2D eigenvalue weighted by Gasteiger charge is -1.96. The summed E-state index contributed by atoms with van der Waals surface area (Å²) in [5.74, 6) is 0. The Bertz CT molecular complexity index is 480. The maximum Gasteiger partial charge on any atom is 0.277 e. The van der Waals surface area contributed by atoms with Crippen LogP contribution in [0, 0.1) is 0 Å². The molecule has 0 radical (unpaired) electrons. The molecule has 4 nitrogen and oxygen atoms in total. The first kappa shape index (κ1) is 10.1. The van der Waals surface area contributed by atoms with Gasteiger partial charge in [0.15, 0.2) is 0 Å². The van der Waals surface area contributed by atoms with E-state index in [4.69, 9.17) is 0 Å². The molecule has 0 aliphatic carbocycles. The summed E-state index contributed by atoms with van der Waals surface area (Å²) < 4.78 is 1.22. The third-order valence-corrected chi connectivity index (χ3v) is 1.71. The van der Waals surface area contributed by atoms with Crippen LogP contribution in [0.25, 0.3) is 10.9 Å². The second-order valence-electron chi connectivity index (χ2n) is 2.54. The number of benzene rings is 1. The zero-order chi connectivity index (χ0) is 8.55. The highest BCUT2D eigenvalue weighted by molar-refractivity contribution is 14.0. The molecule has 0 unspecified atom stereocenters. The fourth-order valence-corrected chi connectivity index (χ4v) is 1.07. The van der Waals surface area contributed by atoms with Gasteiger partial charge in [-0.25, -0.2) is 4.68 Å². The van der Waals surface area contributed by atoms with Crippen LogP contribution in [-0.4, -0.2) is 15.0 Å². The van der Waals surface area contributed by atoms with Crippen molar-refractivity contribution in [3.63, 3.8) is 0 Å². The number of hydrogen-bond donors (Lipinski definition) is 0. The Kier molecular flexibility index (Phi) is 2.97. The van der Waals surface area contributed by atoms with Gasteiger partial charge in [-0.3, -0.25) is 4.79 Å². The van der Waals surface area contributed by atoms with Gasteiger partial charge < -0.3 is 0 Å². The molecule has 0 bridgehead atoms. The summed E-state index contributed by atoms with van der Waals surface area (Å²) in [6.45, 7) is 0. The second-order valence-corrected chi connectivity index (χ2v) is 2.54. The van der Waals surface area contributed by atoms with Gasteiger partial charge in [0, 0.05) is 7.05 Å². The molecule has 0 amide bonds. The van der Waals surface area contributed by atoms with Gasteiger partial charge >= 0.3 is 0 Å². The molecule has 0 aliphatic rings. The average Bonchev–Trinajstić information content (AvgIpc) is 2.12. The quantitative estimate of drug-likeness (QED) is 0.678. The first-order chi connectivity index (χ1) is 5.79. The van der Waals surface area contributed by atoms with Crippen LogP contribution in [0.2, 0.25) is 0 Å². The van der Waals surface area contributed by atoms with E-state index in [1.807, 2.05) is 12.1 Å². The molecule has 2 aromatic rings. The molecule has 0 aliphatic heterocycles. The minimum Gasteiger partial charge on any atom is -0.267 e. The third-order valence-electron chi connectivity index (χ3n) is 1.71. The van der Waals surface area contributed by atoms with Crippen molar-refractivity contribution in [3.05, 3.63) is 34.6 Å². The van der Waals surface area contributed by atoms with Crippen LogP contribution in [0.5, 0.6) is 0 Å². The number of hydrogen-bond acceptors (Lipinski definition) is 3. The number of aromatic nitrogens is 3. The van der Waals surface area contributed by atoms with Crippen molar-refractivity contribution in [2.24, 2.45) is 7.05 Å². The lowest BCUT2D eigenvalue weighted by Crippen LogP contribution is -2.20. The molecule has 13 heavy (non-hydrogen) atoms. The molecule has 0 saturated carbocycles. The fraction of sp³-hybridized carbons (Fsp3) is 0.125. The Balaban J connectivity index is 0.000000845. The van der Waals surface area contributed by atoms with Gasteiger partial charge in [0.1, 0.15) is 5.52 Å². The van der Waals surface area contributed by atoms with E-state index in [-0.39, 0.29) is 29.5 Å². The first-order valence-electron chi connectivity index (χ1n) is 3.58. The van der Waals surface area contributed by atoms with E-state index >= 15 is 0 Å². The molecule has 1 heterocycles. The Morgan fingerprint density at radius 2 is 2.00 bits per heavy atom. The van der Waals surface area contributed by atoms with E-state index in [1.54, 1.807) is 19.2 Å². The topological polar surface area (TPSA) is 47.8 Å². The van der Waals surface area contributed by atoms with E-state index in [1.165, 1.54) is 4.68 Å². The van der Waals surface area contributed by atoms with Crippen LogP contribution in [0.4, 0.5) is 0 Å². The molecule has 0 saturated heterocycles. The third kappa shape index (κ3) is 1.69. The van der Waals surface area contributed by atoms with Crippen molar-refractivity contribution in [2.75, 3.05) is 0 Å². The molecule has 1 aromatic carbocycles. The van der Waals surface area contributed by atoms with Gasteiger partial charge in [-0.05, 0) is 12.1 Å². The van der Waals surface area contributed by atoms with Crippen molar-refractivity contribution in [2.45, 2.75) is 0 Å². The molecule has 68 valence electrons. The SMILES string of the molecule is Cn1nnc2ccccc2c1=O.I. The summed E-state index contributed by atoms with van der Waals surface area (Å²) >= 11 is 0. The average molecular weight is 289 g/mol. The van der Waals surface area contributed by atoms with Gasteiger partial charge in [-0.1, -0.05) is 17.3 Å². The van der Waals surface area contributed by atoms with Crippen LogP contribution in [0.1, 0.15) is 0 Å². The Morgan fingerprint density at radius 1 is 1.31 bits per heavy atom. The summed E-state index contributed by atoms with van der Waals surface area (Å²) in [7, 11) is 1.59. The molecule has 0 fully saturated rings. The Hall–Kier alpha value is -0.980. The maximum absolute atomic E-state index is 11.4. The predicted molar refractivity (Wildman–Crippen MR) is 60.2 cm³/mol. The van der Waals surface area contributed by atoms with Gasteiger partial charge in [-0.15, -0.1) is 29.1 Å². The van der Waals surface area contributed by atoms with Crippen molar-refractivity contribution in [1.82, 2.24) is 15.0 Å². The highest BCUT2D eigenvalue weighted by atomic mass is 127. The number of fused-ring (bicyclic) bond motifs is 1. The number of nitrogens with zero attached hydrogens (tertiary/aromatic N) is 3. The highest BCUT2D eigenvalue weighted by Gasteiger charge is 1.99. The van der Waals surface area contributed by atoms with Gasteiger partial charge in [-0.2, -0.15) is 0 Å². The van der Waals surface area contributed by atoms with Crippen LogP contribution in [0.3, 0.4) is 0 Å². The summed E-state index contributed by atoms with van der Waals surface area (Å²) in [5.41, 5.74) is 0.529. The predicted octanol–water partition coefficient (Wildman–Crippen LogP) is 0.946. The zero-order valence-electron chi connectivity index (χ0n) is 6.97. The standard InChI is InChI=1S/C8H7N3O.HI/c1-11-8(12)6-4-2-3-5-7(6)9-10-11;/h2-5H,1H3;1H. The zero-order valence-corrected chi connectivity index (χ0v) is 9.30. The maximum atomic E-state index is 11.4. The van der Waals surface area contributed by atoms with Crippen molar-refractivity contribution >= 4 is 34.9 Å².